The van der Waals surface area contributed by atoms with Gasteiger partial charge in [-0.25, -0.2) is 0 Å². The van der Waals surface area contributed by atoms with Gasteiger partial charge in [0.05, 0.1) is 0 Å². The Labute approximate surface area is 154 Å². The molecule has 4 N–H and O–H groups in total. The van der Waals surface area contributed by atoms with Crippen LogP contribution < -0.4 is 16.4 Å². The Kier molecular flexibility index (Phi) is 7.17. The van der Waals surface area contributed by atoms with E-state index >= 15 is 0 Å². The standard InChI is InChI=1S/C20H26N4O2/c1-3-24(4-2)13-12-22-19(25)15-8-10-18(11-9-15)23-20(26)16-6-5-7-17(21)14-16/h5-11,14H,3-4,12-13,21H2,1-2H3,(H,22,25)(H,23,26). The smallest absolute Gasteiger partial charge is 0.255 e. The van der Waals surface area contributed by atoms with Gasteiger partial charge >= 0.3 is 0 Å². The van der Waals surface area contributed by atoms with Crippen molar-refractivity contribution in [1.82, 2.24) is 10.2 Å². The Morgan fingerprint density at radius 1 is 0.962 bits per heavy atom. The minimum absolute atomic E-state index is 0.120. The van der Waals surface area contributed by atoms with E-state index in [1.54, 1.807) is 48.5 Å². The molecule has 0 aliphatic carbocycles. The van der Waals surface area contributed by atoms with Gasteiger partial charge in [-0.2, -0.15) is 0 Å². The van der Waals surface area contributed by atoms with Crippen molar-refractivity contribution < 1.29 is 9.59 Å². The number of anilines is 2. The van der Waals surface area contributed by atoms with Crippen molar-refractivity contribution in [3.05, 3.63) is 59.7 Å². The molecule has 2 amide bonds. The number of carbonyl (C=O) groups excluding carboxylic acids is 2. The monoisotopic (exact) mass is 354 g/mol. The van der Waals surface area contributed by atoms with Crippen LogP contribution in [0.1, 0.15) is 34.6 Å². The van der Waals surface area contributed by atoms with Gasteiger partial charge in [-0.1, -0.05) is 19.9 Å². The molecule has 138 valence electrons. The van der Waals surface area contributed by atoms with Gasteiger partial charge in [-0.05, 0) is 55.6 Å². The summed E-state index contributed by atoms with van der Waals surface area (Å²) in [6, 6.07) is 13.6. The first kappa shape index (κ1) is 19.5. The topological polar surface area (TPSA) is 87.5 Å². The minimum atomic E-state index is -0.242. The lowest BCUT2D eigenvalue weighted by Crippen LogP contribution is -2.34. The average Bonchev–Trinajstić information content (AvgIpc) is 2.65. The van der Waals surface area contributed by atoms with Gasteiger partial charge < -0.3 is 21.3 Å². The fraction of sp³-hybridized carbons (Fsp3) is 0.300. The lowest BCUT2D eigenvalue weighted by Gasteiger charge is -2.18. The Balaban J connectivity index is 1.89. The number of nitrogens with zero attached hydrogens (tertiary/aromatic N) is 1. The first-order valence-electron chi connectivity index (χ1n) is 8.81. The summed E-state index contributed by atoms with van der Waals surface area (Å²) in [5, 5.41) is 5.70. The number of hydrogen-bond acceptors (Lipinski definition) is 4. The summed E-state index contributed by atoms with van der Waals surface area (Å²) in [6.07, 6.45) is 0. The van der Waals surface area contributed by atoms with Gasteiger partial charge in [-0.3, -0.25) is 9.59 Å². The summed E-state index contributed by atoms with van der Waals surface area (Å²) in [5.74, 6) is -0.361. The van der Waals surface area contributed by atoms with E-state index in [4.69, 9.17) is 5.73 Å². The Bertz CT molecular complexity index is 740. The van der Waals surface area contributed by atoms with Crippen LogP contribution in [0.15, 0.2) is 48.5 Å². The molecule has 2 aromatic carbocycles. The highest BCUT2D eigenvalue weighted by Gasteiger charge is 2.09. The molecular weight excluding hydrogens is 328 g/mol. The third-order valence-electron chi connectivity index (χ3n) is 4.16. The molecule has 0 bridgehead atoms. The molecule has 0 radical (unpaired) electrons. The highest BCUT2D eigenvalue weighted by molar-refractivity contribution is 6.05. The summed E-state index contributed by atoms with van der Waals surface area (Å²) in [4.78, 5) is 26.6. The quantitative estimate of drug-likeness (QED) is 0.636. The largest absolute Gasteiger partial charge is 0.399 e. The molecular formula is C20H26N4O2. The molecule has 6 heteroatoms. The second-order valence-electron chi connectivity index (χ2n) is 5.94. The Morgan fingerprint density at radius 3 is 2.27 bits per heavy atom. The molecule has 0 unspecified atom stereocenters. The van der Waals surface area contributed by atoms with Crippen LogP contribution in [0, 0.1) is 0 Å². The molecule has 6 nitrogen and oxygen atoms in total. The van der Waals surface area contributed by atoms with Crippen molar-refractivity contribution in [2.24, 2.45) is 0 Å². The zero-order chi connectivity index (χ0) is 18.9. The van der Waals surface area contributed by atoms with Crippen molar-refractivity contribution >= 4 is 23.2 Å². The number of likely N-dealkylation sites (N-methyl/N-ethyl adjacent to an activating group) is 1. The first-order valence-corrected chi connectivity index (χ1v) is 8.81. The normalized spacial score (nSPS) is 10.6. The van der Waals surface area contributed by atoms with Crippen molar-refractivity contribution in [2.45, 2.75) is 13.8 Å². The van der Waals surface area contributed by atoms with Gasteiger partial charge in [0, 0.05) is 35.6 Å². The predicted molar refractivity (Wildman–Crippen MR) is 105 cm³/mol. The van der Waals surface area contributed by atoms with E-state index in [9.17, 15) is 9.59 Å². The Morgan fingerprint density at radius 2 is 1.65 bits per heavy atom. The number of nitrogen functional groups attached to an aromatic ring is 1. The molecule has 0 heterocycles. The van der Waals surface area contributed by atoms with E-state index in [-0.39, 0.29) is 11.8 Å². The van der Waals surface area contributed by atoms with Gasteiger partial charge in [0.1, 0.15) is 0 Å². The highest BCUT2D eigenvalue weighted by atomic mass is 16.2. The molecule has 0 aliphatic rings. The fourth-order valence-electron chi connectivity index (χ4n) is 2.56. The number of carbonyl (C=O) groups is 2. The van der Waals surface area contributed by atoms with Gasteiger partial charge in [0.25, 0.3) is 11.8 Å². The number of hydrogen-bond donors (Lipinski definition) is 3. The first-order chi connectivity index (χ1) is 12.5. The summed E-state index contributed by atoms with van der Waals surface area (Å²) < 4.78 is 0. The van der Waals surface area contributed by atoms with E-state index in [2.05, 4.69) is 29.4 Å². The van der Waals surface area contributed by atoms with Crippen LogP contribution in [0.3, 0.4) is 0 Å². The molecule has 0 fully saturated rings. The average molecular weight is 354 g/mol. The number of amides is 2. The molecule has 0 atom stereocenters. The van der Waals surface area contributed by atoms with Crippen LogP contribution in [0.4, 0.5) is 11.4 Å². The molecule has 26 heavy (non-hydrogen) atoms. The predicted octanol–water partition coefficient (Wildman–Crippen LogP) is 2.59. The maximum Gasteiger partial charge on any atom is 0.255 e. The lowest BCUT2D eigenvalue weighted by atomic mass is 10.1. The van der Waals surface area contributed by atoms with Crippen molar-refractivity contribution in [2.75, 3.05) is 37.2 Å². The number of benzene rings is 2. The van der Waals surface area contributed by atoms with Gasteiger partial charge in [-0.15, -0.1) is 0 Å². The maximum absolute atomic E-state index is 12.2. The van der Waals surface area contributed by atoms with E-state index in [1.165, 1.54) is 0 Å². The second kappa shape index (κ2) is 9.58. The van der Waals surface area contributed by atoms with Crippen LogP contribution in [-0.2, 0) is 0 Å². The summed E-state index contributed by atoms with van der Waals surface area (Å²) >= 11 is 0. The molecule has 0 saturated carbocycles. The van der Waals surface area contributed by atoms with Crippen LogP contribution in [0.2, 0.25) is 0 Å². The fourth-order valence-corrected chi connectivity index (χ4v) is 2.56. The van der Waals surface area contributed by atoms with E-state index in [1.807, 2.05) is 0 Å². The number of rotatable bonds is 8. The number of nitrogens with one attached hydrogen (secondary N) is 2. The second-order valence-corrected chi connectivity index (χ2v) is 5.94. The molecule has 2 aromatic rings. The molecule has 0 spiro atoms. The van der Waals surface area contributed by atoms with E-state index in [0.717, 1.165) is 19.6 Å². The minimum Gasteiger partial charge on any atom is -0.399 e. The molecule has 0 aliphatic heterocycles. The van der Waals surface area contributed by atoms with Crippen LogP contribution in [0.5, 0.6) is 0 Å². The SMILES string of the molecule is CCN(CC)CCNC(=O)c1ccc(NC(=O)c2cccc(N)c2)cc1. The maximum atomic E-state index is 12.2. The van der Waals surface area contributed by atoms with Crippen molar-refractivity contribution in [3.8, 4) is 0 Å². The van der Waals surface area contributed by atoms with E-state index in [0.29, 0.717) is 29.0 Å². The van der Waals surface area contributed by atoms with Crippen LogP contribution >= 0.6 is 0 Å². The summed E-state index contributed by atoms with van der Waals surface area (Å²) in [6.45, 7) is 7.56. The third kappa shape index (κ3) is 5.60. The summed E-state index contributed by atoms with van der Waals surface area (Å²) in [7, 11) is 0. The van der Waals surface area contributed by atoms with Crippen molar-refractivity contribution in [3.63, 3.8) is 0 Å². The van der Waals surface area contributed by atoms with E-state index < -0.39 is 0 Å². The Hall–Kier alpha value is -2.86. The van der Waals surface area contributed by atoms with Crippen molar-refractivity contribution in [1.29, 1.82) is 0 Å². The van der Waals surface area contributed by atoms with Gasteiger partial charge in [0.15, 0.2) is 0 Å². The molecule has 0 saturated heterocycles. The van der Waals surface area contributed by atoms with Gasteiger partial charge in [0.2, 0.25) is 0 Å². The highest BCUT2D eigenvalue weighted by Crippen LogP contribution is 2.13. The third-order valence-corrected chi connectivity index (χ3v) is 4.16. The lowest BCUT2D eigenvalue weighted by molar-refractivity contribution is 0.0948. The number of nitrogens with two attached hydrogens (primary N) is 1. The zero-order valence-electron chi connectivity index (χ0n) is 15.3. The zero-order valence-corrected chi connectivity index (χ0v) is 15.3. The molecule has 0 aromatic heterocycles. The van der Waals surface area contributed by atoms with Crippen LogP contribution in [-0.4, -0.2) is 42.9 Å². The summed E-state index contributed by atoms with van der Waals surface area (Å²) in [5.41, 5.74) is 7.90. The molecule has 2 rings (SSSR count). The van der Waals surface area contributed by atoms with Crippen LogP contribution in [0.25, 0.3) is 0 Å².